The van der Waals surface area contributed by atoms with E-state index < -0.39 is 0 Å². The molecule has 0 bridgehead atoms. The predicted molar refractivity (Wildman–Crippen MR) is 112 cm³/mol. The SMILES string of the molecule is O=C(C1=CCC(=O)N(c2ccc(Br)cc2)N1)N1CC[NH+](C2CCCCC2)CC1. The van der Waals surface area contributed by atoms with E-state index >= 15 is 0 Å². The van der Waals surface area contributed by atoms with Crippen LogP contribution in [0.2, 0.25) is 0 Å². The molecule has 1 aliphatic carbocycles. The van der Waals surface area contributed by atoms with Gasteiger partial charge in [-0.3, -0.25) is 15.0 Å². The fraction of sp³-hybridized carbons (Fsp3) is 0.524. The number of hydrogen-bond donors (Lipinski definition) is 2. The summed E-state index contributed by atoms with van der Waals surface area (Å²) in [5, 5.41) is 1.48. The number of piperazine rings is 1. The van der Waals surface area contributed by atoms with Crippen molar-refractivity contribution < 1.29 is 14.5 Å². The number of anilines is 1. The summed E-state index contributed by atoms with van der Waals surface area (Å²) in [5.74, 6) is -0.0669. The van der Waals surface area contributed by atoms with E-state index in [4.69, 9.17) is 0 Å². The van der Waals surface area contributed by atoms with Gasteiger partial charge >= 0.3 is 0 Å². The van der Waals surface area contributed by atoms with Crippen LogP contribution in [0.3, 0.4) is 0 Å². The zero-order chi connectivity index (χ0) is 19.5. The molecule has 1 aromatic rings. The summed E-state index contributed by atoms with van der Waals surface area (Å²) in [6, 6.07) is 8.27. The van der Waals surface area contributed by atoms with Gasteiger partial charge in [-0.1, -0.05) is 22.4 Å². The Labute approximate surface area is 174 Å². The zero-order valence-electron chi connectivity index (χ0n) is 16.1. The highest BCUT2D eigenvalue weighted by atomic mass is 79.9. The minimum atomic E-state index is -0.0644. The highest BCUT2D eigenvalue weighted by Crippen LogP contribution is 2.21. The Bertz CT molecular complexity index is 750. The van der Waals surface area contributed by atoms with Crippen molar-refractivity contribution in [1.29, 1.82) is 0 Å². The third kappa shape index (κ3) is 4.25. The highest BCUT2D eigenvalue weighted by Gasteiger charge is 2.33. The first-order valence-electron chi connectivity index (χ1n) is 10.3. The fourth-order valence-electron chi connectivity index (χ4n) is 4.53. The molecule has 2 fully saturated rings. The van der Waals surface area contributed by atoms with E-state index in [-0.39, 0.29) is 18.2 Å². The average molecular weight is 448 g/mol. The second-order valence-corrected chi connectivity index (χ2v) is 8.84. The number of quaternary nitrogens is 1. The van der Waals surface area contributed by atoms with Gasteiger partial charge in [0.2, 0.25) is 5.91 Å². The van der Waals surface area contributed by atoms with Gasteiger partial charge in [-0.05, 0) is 56.0 Å². The lowest BCUT2D eigenvalue weighted by molar-refractivity contribution is -0.930. The van der Waals surface area contributed by atoms with Crippen LogP contribution in [0.4, 0.5) is 5.69 Å². The van der Waals surface area contributed by atoms with Crippen LogP contribution in [0, 0.1) is 0 Å². The van der Waals surface area contributed by atoms with Crippen LogP contribution in [0.5, 0.6) is 0 Å². The van der Waals surface area contributed by atoms with Gasteiger partial charge in [0.05, 0.1) is 37.9 Å². The standard InChI is InChI=1S/C21H27BrN4O2/c22-16-6-8-18(9-7-16)26-20(27)11-10-19(23-26)21(28)25-14-12-24(13-15-25)17-4-2-1-3-5-17/h6-10,17,23H,1-5,11-15H2/p+1. The molecule has 2 aliphatic heterocycles. The van der Waals surface area contributed by atoms with E-state index in [0.29, 0.717) is 5.70 Å². The molecule has 2 N–H and O–H groups in total. The van der Waals surface area contributed by atoms with Gasteiger partial charge in [0.25, 0.3) is 5.91 Å². The molecule has 0 atom stereocenters. The molecule has 1 aromatic carbocycles. The summed E-state index contributed by atoms with van der Waals surface area (Å²) in [6.07, 6.45) is 8.71. The lowest BCUT2D eigenvalue weighted by Gasteiger charge is -2.39. The molecule has 4 rings (SSSR count). The molecule has 28 heavy (non-hydrogen) atoms. The summed E-state index contributed by atoms with van der Waals surface area (Å²) in [5.41, 5.74) is 4.28. The van der Waals surface area contributed by atoms with Crippen molar-refractivity contribution in [1.82, 2.24) is 10.3 Å². The second kappa shape index (κ2) is 8.66. The first-order valence-corrected chi connectivity index (χ1v) is 11.1. The number of halogens is 1. The Morgan fingerprint density at radius 3 is 2.43 bits per heavy atom. The number of carbonyl (C=O) groups excluding carboxylic acids is 2. The number of hydrazine groups is 1. The van der Waals surface area contributed by atoms with Gasteiger partial charge in [0, 0.05) is 10.9 Å². The maximum absolute atomic E-state index is 13.0. The molecular weight excluding hydrogens is 420 g/mol. The number of benzene rings is 1. The van der Waals surface area contributed by atoms with Crippen LogP contribution in [0.15, 0.2) is 40.5 Å². The van der Waals surface area contributed by atoms with Crippen LogP contribution in [-0.2, 0) is 9.59 Å². The number of hydrogen-bond acceptors (Lipinski definition) is 3. The van der Waals surface area contributed by atoms with Crippen LogP contribution in [0.1, 0.15) is 38.5 Å². The number of rotatable bonds is 3. The molecule has 0 spiro atoms. The monoisotopic (exact) mass is 447 g/mol. The quantitative estimate of drug-likeness (QED) is 0.740. The number of nitrogens with zero attached hydrogens (tertiary/aromatic N) is 2. The topological polar surface area (TPSA) is 57.1 Å². The van der Waals surface area contributed by atoms with Gasteiger partial charge < -0.3 is 9.80 Å². The summed E-state index contributed by atoms with van der Waals surface area (Å²) in [4.78, 5) is 28.9. The molecule has 7 heteroatoms. The van der Waals surface area contributed by atoms with Gasteiger partial charge in [-0.2, -0.15) is 0 Å². The summed E-state index contributed by atoms with van der Waals surface area (Å²) in [6.45, 7) is 3.63. The number of carbonyl (C=O) groups is 2. The third-order valence-electron chi connectivity index (χ3n) is 6.15. The van der Waals surface area contributed by atoms with Crippen LogP contribution in [-0.4, -0.2) is 48.9 Å². The highest BCUT2D eigenvalue weighted by molar-refractivity contribution is 9.10. The normalized spacial score (nSPS) is 22.0. The van der Waals surface area contributed by atoms with E-state index in [1.54, 1.807) is 11.0 Å². The summed E-state index contributed by atoms with van der Waals surface area (Å²) in [7, 11) is 0. The van der Waals surface area contributed by atoms with Crippen molar-refractivity contribution in [3.63, 3.8) is 0 Å². The molecule has 0 unspecified atom stereocenters. The molecule has 150 valence electrons. The minimum absolute atomic E-state index is 0.00249. The Morgan fingerprint density at radius 2 is 1.75 bits per heavy atom. The second-order valence-electron chi connectivity index (χ2n) is 7.92. The van der Waals surface area contributed by atoms with Crippen molar-refractivity contribution in [2.75, 3.05) is 31.2 Å². The lowest BCUT2D eigenvalue weighted by atomic mass is 9.94. The average Bonchev–Trinajstić information content (AvgIpc) is 2.75. The van der Waals surface area contributed by atoms with Crippen molar-refractivity contribution >= 4 is 33.4 Å². The Balaban J connectivity index is 1.37. The Hall–Kier alpha value is -1.86. The van der Waals surface area contributed by atoms with E-state index in [0.717, 1.165) is 42.4 Å². The molecular formula is C21H28BrN4O2+. The van der Waals surface area contributed by atoms with E-state index in [9.17, 15) is 9.59 Å². The first kappa shape index (κ1) is 19.5. The first-order chi connectivity index (χ1) is 13.6. The molecule has 2 heterocycles. The predicted octanol–water partition coefficient (Wildman–Crippen LogP) is 1.63. The summed E-state index contributed by atoms with van der Waals surface area (Å²) < 4.78 is 0.950. The van der Waals surface area contributed by atoms with Crippen LogP contribution >= 0.6 is 15.9 Å². The van der Waals surface area contributed by atoms with Crippen molar-refractivity contribution in [3.05, 3.63) is 40.5 Å². The van der Waals surface area contributed by atoms with E-state index in [1.807, 2.05) is 29.2 Å². The Morgan fingerprint density at radius 1 is 1.07 bits per heavy atom. The van der Waals surface area contributed by atoms with E-state index in [2.05, 4.69) is 21.4 Å². The number of nitrogens with one attached hydrogen (secondary N) is 2. The molecule has 0 aromatic heterocycles. The Kier molecular flexibility index (Phi) is 6.01. The smallest absolute Gasteiger partial charge is 0.271 e. The molecule has 1 saturated carbocycles. The molecule has 0 radical (unpaired) electrons. The van der Waals surface area contributed by atoms with Crippen molar-refractivity contribution in [3.8, 4) is 0 Å². The maximum atomic E-state index is 13.0. The molecule has 2 amide bonds. The summed E-state index contributed by atoms with van der Waals surface area (Å²) >= 11 is 3.41. The maximum Gasteiger partial charge on any atom is 0.271 e. The molecule has 6 nitrogen and oxygen atoms in total. The van der Waals surface area contributed by atoms with E-state index in [1.165, 1.54) is 37.1 Å². The van der Waals surface area contributed by atoms with Crippen molar-refractivity contribution in [2.45, 2.75) is 44.6 Å². The molecule has 1 saturated heterocycles. The van der Waals surface area contributed by atoms with Gasteiger partial charge in [0.15, 0.2) is 0 Å². The molecule has 3 aliphatic rings. The van der Waals surface area contributed by atoms with Gasteiger partial charge in [-0.25, -0.2) is 5.01 Å². The van der Waals surface area contributed by atoms with Gasteiger partial charge in [0.1, 0.15) is 5.70 Å². The lowest BCUT2D eigenvalue weighted by Crippen LogP contribution is -3.18. The zero-order valence-corrected chi connectivity index (χ0v) is 17.7. The fourth-order valence-corrected chi connectivity index (χ4v) is 4.79. The van der Waals surface area contributed by atoms with Crippen molar-refractivity contribution in [2.24, 2.45) is 0 Å². The third-order valence-corrected chi connectivity index (χ3v) is 6.68. The van der Waals surface area contributed by atoms with Gasteiger partial charge in [-0.15, -0.1) is 0 Å². The largest absolute Gasteiger partial charge is 0.330 e. The minimum Gasteiger partial charge on any atom is -0.330 e. The van der Waals surface area contributed by atoms with Crippen LogP contribution < -0.4 is 15.3 Å². The van der Waals surface area contributed by atoms with Crippen LogP contribution in [0.25, 0.3) is 0 Å². The number of amides is 2.